The maximum absolute atomic E-state index is 12.0. The summed E-state index contributed by atoms with van der Waals surface area (Å²) < 4.78 is 10.0. The van der Waals surface area contributed by atoms with Crippen molar-refractivity contribution in [1.82, 2.24) is 20.6 Å². The number of aromatic hydroxyl groups is 1. The molecule has 3 aromatic rings. The number of fused-ring (bicyclic) bond motifs is 1. The Balaban J connectivity index is 1.65. The van der Waals surface area contributed by atoms with Gasteiger partial charge in [0.1, 0.15) is 12.4 Å². The van der Waals surface area contributed by atoms with E-state index in [1.54, 1.807) is 19.2 Å². The Morgan fingerprint density at radius 1 is 1.22 bits per heavy atom. The molecule has 32 heavy (non-hydrogen) atoms. The molecule has 1 aromatic heterocycles. The molecule has 2 aromatic carbocycles. The molecule has 2 unspecified atom stereocenters. The average Bonchev–Trinajstić information content (AvgIpc) is 3.25. The molecule has 0 saturated carbocycles. The minimum atomic E-state index is -0.453. The van der Waals surface area contributed by atoms with Crippen LogP contribution in [-0.2, 0) is 9.47 Å². The number of hydrogen-bond donors (Lipinski definition) is 3. The number of phenolic OH excluding ortho intramolecular Hbond substituents is 1. The molecule has 0 aliphatic carbocycles. The summed E-state index contributed by atoms with van der Waals surface area (Å²) in [6.45, 7) is 3.89. The van der Waals surface area contributed by atoms with Crippen LogP contribution in [-0.4, -0.2) is 54.6 Å². The third kappa shape index (κ3) is 4.81. The van der Waals surface area contributed by atoms with E-state index in [0.29, 0.717) is 24.5 Å². The number of nitrogens with zero attached hydrogens (tertiary/aromatic N) is 2. The standard InChI is InChI=1S/C24H28N4O4/c1-15-7-8-17-19(13-15)27-23(18-5-3-4-6-20(18)29)28-22(17)21-16(9-10-25-21)14-26-24(30)32-12-11-31-2/h3-8,13,16,21,25,29H,9-12,14H2,1-2H3,(H,26,30). The molecule has 1 saturated heterocycles. The van der Waals surface area contributed by atoms with Crippen LogP contribution in [0.2, 0.25) is 0 Å². The lowest BCUT2D eigenvalue weighted by Gasteiger charge is -2.22. The summed E-state index contributed by atoms with van der Waals surface area (Å²) in [4.78, 5) is 21.6. The number of nitrogens with one attached hydrogen (secondary N) is 2. The third-order valence-electron chi connectivity index (χ3n) is 5.70. The number of benzene rings is 2. The topological polar surface area (TPSA) is 106 Å². The van der Waals surface area contributed by atoms with Gasteiger partial charge in [0.2, 0.25) is 0 Å². The summed E-state index contributed by atoms with van der Waals surface area (Å²) in [5, 5.41) is 17.7. The molecule has 1 fully saturated rings. The lowest BCUT2D eigenvalue weighted by Crippen LogP contribution is -2.33. The Labute approximate surface area is 187 Å². The van der Waals surface area contributed by atoms with E-state index in [-0.39, 0.29) is 24.3 Å². The molecule has 0 spiro atoms. The van der Waals surface area contributed by atoms with Crippen molar-refractivity contribution >= 4 is 17.0 Å². The Kier molecular flexibility index (Phi) is 6.82. The maximum Gasteiger partial charge on any atom is 0.407 e. The smallest absolute Gasteiger partial charge is 0.407 e. The van der Waals surface area contributed by atoms with Crippen LogP contribution in [0, 0.1) is 12.8 Å². The second-order valence-corrected chi connectivity index (χ2v) is 7.96. The lowest BCUT2D eigenvalue weighted by molar-refractivity contribution is 0.0976. The number of para-hydroxylation sites is 1. The third-order valence-corrected chi connectivity index (χ3v) is 5.70. The number of phenols is 1. The van der Waals surface area contributed by atoms with Crippen LogP contribution < -0.4 is 10.6 Å². The minimum Gasteiger partial charge on any atom is -0.507 e. The Bertz CT molecular complexity index is 1100. The number of ether oxygens (including phenoxy) is 2. The molecule has 0 radical (unpaired) electrons. The molecule has 4 rings (SSSR count). The molecule has 0 bridgehead atoms. The van der Waals surface area contributed by atoms with Crippen molar-refractivity contribution in [3.8, 4) is 17.1 Å². The van der Waals surface area contributed by atoms with E-state index in [4.69, 9.17) is 19.4 Å². The number of aryl methyl sites for hydroxylation is 1. The fourth-order valence-electron chi connectivity index (χ4n) is 4.07. The van der Waals surface area contributed by atoms with E-state index in [2.05, 4.69) is 10.6 Å². The summed E-state index contributed by atoms with van der Waals surface area (Å²) >= 11 is 0. The van der Waals surface area contributed by atoms with Crippen LogP contribution in [0.1, 0.15) is 23.7 Å². The van der Waals surface area contributed by atoms with Crippen LogP contribution in [0.15, 0.2) is 42.5 Å². The predicted octanol–water partition coefficient (Wildman–Crippen LogP) is 3.33. The number of aromatic nitrogens is 2. The van der Waals surface area contributed by atoms with Crippen molar-refractivity contribution in [3.63, 3.8) is 0 Å². The van der Waals surface area contributed by atoms with Gasteiger partial charge in [-0.3, -0.25) is 0 Å². The van der Waals surface area contributed by atoms with Crippen LogP contribution >= 0.6 is 0 Å². The summed E-state index contributed by atoms with van der Waals surface area (Å²) in [5.41, 5.74) is 3.38. The highest BCUT2D eigenvalue weighted by molar-refractivity contribution is 5.84. The van der Waals surface area contributed by atoms with Crippen molar-refractivity contribution in [2.24, 2.45) is 5.92 Å². The van der Waals surface area contributed by atoms with Gasteiger partial charge in [0.15, 0.2) is 5.82 Å². The van der Waals surface area contributed by atoms with Crippen molar-refractivity contribution in [2.75, 3.05) is 33.4 Å². The number of carbonyl (C=O) groups excluding carboxylic acids is 1. The van der Waals surface area contributed by atoms with E-state index in [0.717, 1.165) is 35.1 Å². The van der Waals surface area contributed by atoms with Gasteiger partial charge in [-0.05, 0) is 49.6 Å². The molecule has 3 N–H and O–H groups in total. The van der Waals surface area contributed by atoms with Crippen LogP contribution in [0.25, 0.3) is 22.3 Å². The average molecular weight is 437 g/mol. The van der Waals surface area contributed by atoms with Gasteiger partial charge in [-0.2, -0.15) is 0 Å². The van der Waals surface area contributed by atoms with Crippen LogP contribution in [0.4, 0.5) is 4.79 Å². The van der Waals surface area contributed by atoms with Gasteiger partial charge in [0.25, 0.3) is 0 Å². The monoisotopic (exact) mass is 436 g/mol. The van der Waals surface area contributed by atoms with Gasteiger partial charge in [-0.15, -0.1) is 0 Å². The molecule has 2 heterocycles. The summed E-state index contributed by atoms with van der Waals surface area (Å²) in [5.74, 6) is 0.763. The van der Waals surface area contributed by atoms with Gasteiger partial charge >= 0.3 is 6.09 Å². The van der Waals surface area contributed by atoms with Gasteiger partial charge in [0, 0.05) is 19.0 Å². The molecular formula is C24H28N4O4. The fourth-order valence-corrected chi connectivity index (χ4v) is 4.07. The first kappa shape index (κ1) is 22.0. The minimum absolute atomic E-state index is 0.0629. The summed E-state index contributed by atoms with van der Waals surface area (Å²) in [7, 11) is 1.56. The zero-order valence-corrected chi connectivity index (χ0v) is 18.3. The van der Waals surface area contributed by atoms with Crippen molar-refractivity contribution in [1.29, 1.82) is 0 Å². The Morgan fingerprint density at radius 2 is 2.06 bits per heavy atom. The molecule has 8 heteroatoms. The first-order valence-corrected chi connectivity index (χ1v) is 10.8. The molecule has 1 aliphatic rings. The summed E-state index contributed by atoms with van der Waals surface area (Å²) in [6, 6.07) is 13.1. The largest absolute Gasteiger partial charge is 0.507 e. The van der Waals surface area contributed by atoms with Crippen molar-refractivity contribution in [3.05, 3.63) is 53.7 Å². The van der Waals surface area contributed by atoms with Gasteiger partial charge in [0.05, 0.1) is 29.4 Å². The molecule has 168 valence electrons. The number of alkyl carbamates (subject to hydrolysis) is 1. The highest BCUT2D eigenvalue weighted by Crippen LogP contribution is 2.35. The van der Waals surface area contributed by atoms with Crippen LogP contribution in [0.3, 0.4) is 0 Å². The molecule has 1 amide bonds. The number of rotatable bonds is 7. The zero-order valence-electron chi connectivity index (χ0n) is 18.3. The lowest BCUT2D eigenvalue weighted by atomic mass is 9.94. The predicted molar refractivity (Wildman–Crippen MR) is 121 cm³/mol. The quantitative estimate of drug-likeness (QED) is 0.488. The van der Waals surface area contributed by atoms with Gasteiger partial charge in [-0.25, -0.2) is 14.8 Å². The van der Waals surface area contributed by atoms with E-state index in [9.17, 15) is 9.90 Å². The first-order valence-electron chi connectivity index (χ1n) is 10.8. The van der Waals surface area contributed by atoms with E-state index >= 15 is 0 Å². The molecule has 1 aliphatic heterocycles. The number of hydrogen-bond acceptors (Lipinski definition) is 7. The van der Waals surface area contributed by atoms with Crippen LogP contribution in [0.5, 0.6) is 5.75 Å². The Morgan fingerprint density at radius 3 is 2.88 bits per heavy atom. The fraction of sp³-hybridized carbons (Fsp3) is 0.375. The van der Waals surface area contributed by atoms with Gasteiger partial charge in [-0.1, -0.05) is 24.3 Å². The van der Waals surface area contributed by atoms with Crippen molar-refractivity contribution in [2.45, 2.75) is 19.4 Å². The highest BCUT2D eigenvalue weighted by atomic mass is 16.6. The maximum atomic E-state index is 12.0. The second-order valence-electron chi connectivity index (χ2n) is 7.96. The van der Waals surface area contributed by atoms with E-state index < -0.39 is 6.09 Å². The zero-order chi connectivity index (χ0) is 22.5. The van der Waals surface area contributed by atoms with E-state index in [1.807, 2.05) is 37.3 Å². The highest BCUT2D eigenvalue weighted by Gasteiger charge is 2.31. The Hall–Kier alpha value is -3.23. The normalized spacial score (nSPS) is 18.1. The van der Waals surface area contributed by atoms with Crippen molar-refractivity contribution < 1.29 is 19.4 Å². The summed E-state index contributed by atoms with van der Waals surface area (Å²) in [6.07, 6.45) is 0.442. The molecule has 8 nitrogen and oxygen atoms in total. The molecule has 2 atom stereocenters. The first-order chi connectivity index (χ1) is 15.6. The SMILES string of the molecule is COCCOC(=O)NCC1CCNC1c1nc(-c2ccccc2O)nc2cc(C)ccc12. The van der Waals surface area contributed by atoms with E-state index in [1.165, 1.54) is 0 Å². The number of amides is 1. The number of carbonyl (C=O) groups is 1. The van der Waals surface area contributed by atoms with Gasteiger partial charge < -0.3 is 25.2 Å². The number of methoxy groups -OCH3 is 1. The molecular weight excluding hydrogens is 408 g/mol. The second kappa shape index (κ2) is 9.93.